The fourth-order valence-electron chi connectivity index (χ4n) is 3.47. The van der Waals surface area contributed by atoms with Crippen molar-refractivity contribution in [2.24, 2.45) is 0 Å². The maximum absolute atomic E-state index is 12.9. The largest absolute Gasteiger partial charge is 0.416 e. The molecule has 0 bridgehead atoms. The molecule has 4 aromatic rings. The zero-order valence-corrected chi connectivity index (χ0v) is 22.5. The monoisotopic (exact) mass is 609 g/mol. The van der Waals surface area contributed by atoms with E-state index in [1.165, 1.54) is 48.5 Å². The first-order valence-electron chi connectivity index (χ1n) is 11.2. The molecule has 0 radical (unpaired) electrons. The summed E-state index contributed by atoms with van der Waals surface area (Å²) >= 11 is 6.21. The summed E-state index contributed by atoms with van der Waals surface area (Å²) in [5.74, 6) is -0.653. The van der Waals surface area contributed by atoms with Gasteiger partial charge in [0.25, 0.3) is 26.0 Å². The Labute approximate surface area is 232 Å². The Kier molecular flexibility index (Phi) is 8.10. The van der Waals surface area contributed by atoms with Gasteiger partial charge in [0.1, 0.15) is 0 Å². The predicted molar refractivity (Wildman–Crippen MR) is 145 cm³/mol. The van der Waals surface area contributed by atoms with Crippen molar-refractivity contribution in [3.63, 3.8) is 0 Å². The van der Waals surface area contributed by atoms with E-state index >= 15 is 0 Å². The second-order valence-corrected chi connectivity index (χ2v) is 12.0. The number of sulfonamides is 2. The van der Waals surface area contributed by atoms with Crippen molar-refractivity contribution in [2.45, 2.75) is 16.0 Å². The molecule has 0 aromatic heterocycles. The van der Waals surface area contributed by atoms with Gasteiger partial charge < -0.3 is 5.32 Å². The minimum Gasteiger partial charge on any atom is -0.322 e. The molecular weight excluding hydrogens is 591 g/mol. The molecule has 0 heterocycles. The summed E-state index contributed by atoms with van der Waals surface area (Å²) in [6.45, 7) is 0. The standard InChI is InChI=1S/C26H19ClF3N3O5S2/c27-24-16-20(33-39(35,36)21-7-2-1-3-8-21)11-14-23(24)25(34)31-18-9-12-22(13-10-18)40(37,38)32-19-6-4-5-17(15-19)26(28,29)30/h1-16,32-33H,(H,31,34). The summed E-state index contributed by atoms with van der Waals surface area (Å²) in [5.41, 5.74) is -0.921. The van der Waals surface area contributed by atoms with Crippen LogP contribution in [0.1, 0.15) is 15.9 Å². The van der Waals surface area contributed by atoms with Gasteiger partial charge in [-0.1, -0.05) is 35.9 Å². The number of alkyl halides is 3. The van der Waals surface area contributed by atoms with Crippen molar-refractivity contribution in [3.8, 4) is 0 Å². The van der Waals surface area contributed by atoms with Crippen molar-refractivity contribution < 1.29 is 34.8 Å². The third kappa shape index (κ3) is 6.92. The van der Waals surface area contributed by atoms with E-state index in [-0.39, 0.29) is 37.4 Å². The number of amides is 1. The quantitative estimate of drug-likeness (QED) is 0.219. The lowest BCUT2D eigenvalue weighted by Crippen LogP contribution is -2.15. The Balaban J connectivity index is 1.44. The normalized spacial score (nSPS) is 12.0. The molecule has 14 heteroatoms. The maximum atomic E-state index is 12.9. The van der Waals surface area contributed by atoms with Crippen LogP contribution in [0.5, 0.6) is 0 Å². The fraction of sp³-hybridized carbons (Fsp3) is 0.0385. The highest BCUT2D eigenvalue weighted by Gasteiger charge is 2.30. The lowest BCUT2D eigenvalue weighted by Gasteiger charge is -2.12. The van der Waals surface area contributed by atoms with Crippen molar-refractivity contribution in [1.29, 1.82) is 0 Å². The molecule has 0 saturated heterocycles. The van der Waals surface area contributed by atoms with Gasteiger partial charge in [-0.25, -0.2) is 16.8 Å². The number of carbonyl (C=O) groups excluding carboxylic acids is 1. The molecule has 4 rings (SSSR count). The zero-order valence-electron chi connectivity index (χ0n) is 20.1. The highest BCUT2D eigenvalue weighted by Crippen LogP contribution is 2.31. The Morgan fingerprint density at radius 3 is 1.77 bits per heavy atom. The number of halogens is 4. The molecule has 0 aliphatic heterocycles. The molecule has 0 aliphatic carbocycles. The number of nitrogens with one attached hydrogen (secondary N) is 3. The molecule has 8 nitrogen and oxygen atoms in total. The summed E-state index contributed by atoms with van der Waals surface area (Å²) in [6.07, 6.45) is -4.64. The third-order valence-corrected chi connectivity index (χ3v) is 8.49. The van der Waals surface area contributed by atoms with E-state index in [0.29, 0.717) is 6.07 Å². The first-order chi connectivity index (χ1) is 18.7. The molecule has 0 aliphatic rings. The van der Waals surface area contributed by atoms with Crippen LogP contribution in [-0.4, -0.2) is 22.7 Å². The molecule has 40 heavy (non-hydrogen) atoms. The lowest BCUT2D eigenvalue weighted by molar-refractivity contribution is -0.137. The third-order valence-electron chi connectivity index (χ3n) is 5.38. The SMILES string of the molecule is O=C(Nc1ccc(S(=O)(=O)Nc2cccc(C(F)(F)F)c2)cc1)c1ccc(NS(=O)(=O)c2ccccc2)cc1Cl. The highest BCUT2D eigenvalue weighted by molar-refractivity contribution is 7.93. The van der Waals surface area contributed by atoms with E-state index in [0.717, 1.165) is 24.3 Å². The smallest absolute Gasteiger partial charge is 0.322 e. The number of rotatable bonds is 8. The molecule has 208 valence electrons. The number of anilines is 3. The van der Waals surface area contributed by atoms with Crippen molar-refractivity contribution in [3.05, 3.63) is 113 Å². The summed E-state index contributed by atoms with van der Waals surface area (Å²) in [4.78, 5) is 12.5. The van der Waals surface area contributed by atoms with Crippen molar-refractivity contribution in [2.75, 3.05) is 14.8 Å². The number of carbonyl (C=O) groups is 1. The first-order valence-corrected chi connectivity index (χ1v) is 14.6. The summed E-state index contributed by atoms with van der Waals surface area (Å²) in [6, 6.07) is 20.3. The Hall–Kier alpha value is -4.07. The highest BCUT2D eigenvalue weighted by atomic mass is 35.5. The van der Waals surface area contributed by atoms with Gasteiger partial charge in [-0.2, -0.15) is 13.2 Å². The molecule has 0 fully saturated rings. The van der Waals surface area contributed by atoms with Gasteiger partial charge in [0, 0.05) is 11.4 Å². The van der Waals surface area contributed by atoms with Crippen LogP contribution in [0.15, 0.2) is 107 Å². The maximum Gasteiger partial charge on any atom is 0.416 e. The average Bonchev–Trinajstić information content (AvgIpc) is 2.89. The molecule has 0 spiro atoms. The second-order valence-electron chi connectivity index (χ2n) is 8.28. The molecule has 0 saturated carbocycles. The van der Waals surface area contributed by atoms with Crippen LogP contribution in [0.4, 0.5) is 30.2 Å². The molecule has 0 atom stereocenters. The van der Waals surface area contributed by atoms with Crippen LogP contribution < -0.4 is 14.8 Å². The van der Waals surface area contributed by atoms with E-state index in [4.69, 9.17) is 11.6 Å². The van der Waals surface area contributed by atoms with Gasteiger partial charge in [0.05, 0.1) is 31.6 Å². The van der Waals surface area contributed by atoms with Crippen LogP contribution in [0, 0.1) is 0 Å². The predicted octanol–water partition coefficient (Wildman–Crippen LogP) is 6.21. The topological polar surface area (TPSA) is 121 Å². The van der Waals surface area contributed by atoms with E-state index in [9.17, 15) is 34.8 Å². The molecular formula is C26H19ClF3N3O5S2. The molecule has 3 N–H and O–H groups in total. The van der Waals surface area contributed by atoms with E-state index in [1.54, 1.807) is 18.2 Å². The van der Waals surface area contributed by atoms with Crippen molar-refractivity contribution in [1.82, 2.24) is 0 Å². The Morgan fingerprint density at radius 2 is 1.20 bits per heavy atom. The Bertz CT molecular complexity index is 1770. The molecule has 4 aromatic carbocycles. The number of benzene rings is 4. The zero-order chi connectivity index (χ0) is 29.1. The summed E-state index contributed by atoms with van der Waals surface area (Å²) in [7, 11) is -8.10. The molecule has 1 amide bonds. The van der Waals surface area contributed by atoms with Gasteiger partial charge in [0.2, 0.25) is 0 Å². The number of hydrogen-bond donors (Lipinski definition) is 3. The van der Waals surface area contributed by atoms with E-state index < -0.39 is 37.7 Å². The van der Waals surface area contributed by atoms with Gasteiger partial charge >= 0.3 is 6.18 Å². The minimum atomic E-state index is -4.64. The van der Waals surface area contributed by atoms with Gasteiger partial charge in [-0.15, -0.1) is 0 Å². The lowest BCUT2D eigenvalue weighted by atomic mass is 10.2. The van der Waals surface area contributed by atoms with Gasteiger partial charge in [-0.05, 0) is 72.8 Å². The summed E-state index contributed by atoms with van der Waals surface area (Å²) in [5, 5.41) is 2.50. The van der Waals surface area contributed by atoms with Gasteiger partial charge in [-0.3, -0.25) is 14.2 Å². The first kappa shape index (κ1) is 28.9. The van der Waals surface area contributed by atoms with Crippen molar-refractivity contribution >= 4 is 54.6 Å². The van der Waals surface area contributed by atoms with Crippen LogP contribution in [0.25, 0.3) is 0 Å². The number of hydrogen-bond acceptors (Lipinski definition) is 5. The van der Waals surface area contributed by atoms with Crippen LogP contribution in [-0.2, 0) is 26.2 Å². The Morgan fingerprint density at radius 1 is 0.650 bits per heavy atom. The van der Waals surface area contributed by atoms with Crippen LogP contribution in [0.3, 0.4) is 0 Å². The van der Waals surface area contributed by atoms with Crippen LogP contribution in [0.2, 0.25) is 5.02 Å². The molecule has 0 unspecified atom stereocenters. The summed E-state index contributed by atoms with van der Waals surface area (Å²) < 4.78 is 93.5. The van der Waals surface area contributed by atoms with Gasteiger partial charge in [0.15, 0.2) is 0 Å². The average molecular weight is 610 g/mol. The van der Waals surface area contributed by atoms with E-state index in [2.05, 4.69) is 14.8 Å². The fourth-order valence-corrected chi connectivity index (χ4v) is 5.85. The minimum absolute atomic E-state index is 0.0206. The second kappa shape index (κ2) is 11.2. The van der Waals surface area contributed by atoms with Crippen LogP contribution >= 0.6 is 11.6 Å². The van der Waals surface area contributed by atoms with E-state index in [1.807, 2.05) is 0 Å².